The first-order chi connectivity index (χ1) is 9.39. The van der Waals surface area contributed by atoms with Crippen molar-refractivity contribution in [1.29, 1.82) is 0 Å². The predicted octanol–water partition coefficient (Wildman–Crippen LogP) is 3.40. The Morgan fingerprint density at radius 2 is 1.95 bits per heavy atom. The zero-order valence-electron chi connectivity index (χ0n) is 13.9. The van der Waals surface area contributed by atoms with Gasteiger partial charge >= 0.3 is 0 Å². The first-order valence-corrected chi connectivity index (χ1v) is 8.46. The Kier molecular flexibility index (Phi) is 4.78. The minimum Gasteiger partial charge on any atom is -0.325 e. The average molecular weight is 280 g/mol. The largest absolute Gasteiger partial charge is 0.325 e. The molecule has 1 amide bonds. The third-order valence-electron chi connectivity index (χ3n) is 5.22. The molecule has 1 aliphatic carbocycles. The molecule has 1 aliphatic heterocycles. The van der Waals surface area contributed by atoms with E-state index in [1.807, 2.05) is 0 Å². The van der Waals surface area contributed by atoms with Crippen LogP contribution in [-0.4, -0.2) is 29.6 Å². The molecule has 0 aromatic heterocycles. The van der Waals surface area contributed by atoms with Crippen LogP contribution < -0.4 is 5.32 Å². The lowest BCUT2D eigenvalue weighted by Crippen LogP contribution is -2.42. The second-order valence-corrected chi connectivity index (χ2v) is 7.64. The quantitative estimate of drug-likeness (QED) is 0.775. The molecule has 3 heteroatoms. The van der Waals surface area contributed by atoms with Crippen molar-refractivity contribution >= 4 is 5.91 Å². The third kappa shape index (κ3) is 3.19. The van der Waals surface area contributed by atoms with Crippen LogP contribution in [0.5, 0.6) is 0 Å². The van der Waals surface area contributed by atoms with Crippen molar-refractivity contribution in [2.24, 2.45) is 17.3 Å². The van der Waals surface area contributed by atoms with Gasteiger partial charge in [-0.15, -0.1) is 0 Å². The molecule has 3 nitrogen and oxygen atoms in total. The molecule has 1 N–H and O–H groups in total. The SMILES string of the molecule is CCCC1NC(CC(C)C)C(=O)N1CC1(C(C)C)CC1. The highest BCUT2D eigenvalue weighted by atomic mass is 16.2. The molecular weight excluding hydrogens is 248 g/mol. The molecule has 1 saturated carbocycles. The number of nitrogens with one attached hydrogen (secondary N) is 1. The Labute approximate surface area is 124 Å². The summed E-state index contributed by atoms with van der Waals surface area (Å²) in [4.78, 5) is 14.9. The zero-order valence-corrected chi connectivity index (χ0v) is 13.9. The van der Waals surface area contributed by atoms with Crippen molar-refractivity contribution in [3.63, 3.8) is 0 Å². The smallest absolute Gasteiger partial charge is 0.241 e. The van der Waals surface area contributed by atoms with Crippen molar-refractivity contribution in [2.75, 3.05) is 6.54 Å². The summed E-state index contributed by atoms with van der Waals surface area (Å²) < 4.78 is 0. The number of amides is 1. The summed E-state index contributed by atoms with van der Waals surface area (Å²) in [6.07, 6.45) is 6.03. The molecule has 0 aromatic rings. The number of nitrogens with zero attached hydrogens (tertiary/aromatic N) is 1. The number of carbonyl (C=O) groups excluding carboxylic acids is 1. The lowest BCUT2D eigenvalue weighted by molar-refractivity contribution is -0.131. The molecule has 116 valence electrons. The van der Waals surface area contributed by atoms with Crippen molar-refractivity contribution in [3.05, 3.63) is 0 Å². The normalized spacial score (nSPS) is 28.8. The van der Waals surface area contributed by atoms with Gasteiger partial charge in [-0.3, -0.25) is 10.1 Å². The van der Waals surface area contributed by atoms with Gasteiger partial charge in [0.25, 0.3) is 0 Å². The van der Waals surface area contributed by atoms with E-state index < -0.39 is 0 Å². The van der Waals surface area contributed by atoms with E-state index in [0.29, 0.717) is 23.2 Å². The van der Waals surface area contributed by atoms with Crippen LogP contribution in [-0.2, 0) is 4.79 Å². The minimum atomic E-state index is 0.0505. The second-order valence-electron chi connectivity index (χ2n) is 7.64. The summed E-state index contributed by atoms with van der Waals surface area (Å²) in [6.45, 7) is 12.2. The maximum Gasteiger partial charge on any atom is 0.241 e. The minimum absolute atomic E-state index is 0.0505. The van der Waals surface area contributed by atoms with Gasteiger partial charge in [-0.25, -0.2) is 0 Å². The highest BCUT2D eigenvalue weighted by Gasteiger charge is 2.50. The van der Waals surface area contributed by atoms with Crippen molar-refractivity contribution < 1.29 is 4.79 Å². The zero-order chi connectivity index (χ0) is 14.9. The van der Waals surface area contributed by atoms with E-state index in [-0.39, 0.29) is 12.2 Å². The fourth-order valence-electron chi connectivity index (χ4n) is 3.51. The summed E-state index contributed by atoms with van der Waals surface area (Å²) in [6, 6.07) is 0.0505. The molecule has 1 heterocycles. The molecule has 2 atom stereocenters. The van der Waals surface area contributed by atoms with Crippen LogP contribution in [0, 0.1) is 17.3 Å². The molecule has 2 fully saturated rings. The van der Waals surface area contributed by atoms with E-state index in [0.717, 1.165) is 25.8 Å². The number of hydrogen-bond donors (Lipinski definition) is 1. The molecule has 2 rings (SSSR count). The molecule has 1 saturated heterocycles. The highest BCUT2D eigenvalue weighted by Crippen LogP contribution is 2.52. The van der Waals surface area contributed by atoms with Gasteiger partial charge in [-0.05, 0) is 42.9 Å². The summed E-state index contributed by atoms with van der Waals surface area (Å²) in [5.74, 6) is 1.60. The maximum absolute atomic E-state index is 12.7. The summed E-state index contributed by atoms with van der Waals surface area (Å²) in [7, 11) is 0. The first-order valence-electron chi connectivity index (χ1n) is 8.46. The van der Waals surface area contributed by atoms with E-state index in [4.69, 9.17) is 0 Å². The lowest BCUT2D eigenvalue weighted by Gasteiger charge is -2.30. The summed E-state index contributed by atoms with van der Waals surface area (Å²) >= 11 is 0. The molecule has 2 unspecified atom stereocenters. The standard InChI is InChI=1S/C17H32N2O/c1-6-7-15-18-14(10-12(2)3)16(20)19(15)11-17(8-9-17)13(4)5/h12-15,18H,6-11H2,1-5H3. The fraction of sp³-hybridized carbons (Fsp3) is 0.941. The second kappa shape index (κ2) is 6.05. The van der Waals surface area contributed by atoms with Crippen LogP contribution in [0.15, 0.2) is 0 Å². The van der Waals surface area contributed by atoms with Gasteiger partial charge in [-0.2, -0.15) is 0 Å². The van der Waals surface area contributed by atoms with Gasteiger partial charge in [0.2, 0.25) is 5.91 Å². The molecular formula is C17H32N2O. The van der Waals surface area contributed by atoms with Crippen LogP contribution >= 0.6 is 0 Å². The van der Waals surface area contributed by atoms with Crippen LogP contribution in [0.1, 0.15) is 66.7 Å². The van der Waals surface area contributed by atoms with Crippen LogP contribution in [0.3, 0.4) is 0 Å². The Bertz CT molecular complexity index is 347. The predicted molar refractivity (Wildman–Crippen MR) is 83.3 cm³/mol. The third-order valence-corrected chi connectivity index (χ3v) is 5.22. The monoisotopic (exact) mass is 280 g/mol. The Morgan fingerprint density at radius 3 is 2.40 bits per heavy atom. The number of rotatable bonds is 7. The average Bonchev–Trinajstić information content (AvgIpc) is 3.09. The van der Waals surface area contributed by atoms with E-state index in [2.05, 4.69) is 44.8 Å². The van der Waals surface area contributed by atoms with Gasteiger partial charge < -0.3 is 4.90 Å². The van der Waals surface area contributed by atoms with Crippen LogP contribution in [0.4, 0.5) is 0 Å². The molecule has 20 heavy (non-hydrogen) atoms. The maximum atomic E-state index is 12.7. The topological polar surface area (TPSA) is 32.3 Å². The van der Waals surface area contributed by atoms with E-state index in [9.17, 15) is 4.79 Å². The highest BCUT2D eigenvalue weighted by molar-refractivity contribution is 5.84. The van der Waals surface area contributed by atoms with Gasteiger partial charge in [-0.1, -0.05) is 41.0 Å². The van der Waals surface area contributed by atoms with Crippen molar-refractivity contribution in [1.82, 2.24) is 10.2 Å². The van der Waals surface area contributed by atoms with Gasteiger partial charge in [0.15, 0.2) is 0 Å². The number of carbonyl (C=O) groups is 1. The van der Waals surface area contributed by atoms with E-state index in [1.165, 1.54) is 12.8 Å². The van der Waals surface area contributed by atoms with Crippen LogP contribution in [0.2, 0.25) is 0 Å². The molecule has 0 aromatic carbocycles. The Hall–Kier alpha value is -0.570. The van der Waals surface area contributed by atoms with Gasteiger partial charge in [0.1, 0.15) is 0 Å². The molecule has 0 radical (unpaired) electrons. The first kappa shape index (κ1) is 15.8. The van der Waals surface area contributed by atoms with Crippen molar-refractivity contribution in [3.8, 4) is 0 Å². The Balaban J connectivity index is 2.05. The Morgan fingerprint density at radius 1 is 1.30 bits per heavy atom. The van der Waals surface area contributed by atoms with Crippen molar-refractivity contribution in [2.45, 2.75) is 78.9 Å². The van der Waals surface area contributed by atoms with E-state index >= 15 is 0 Å². The molecule has 0 spiro atoms. The number of hydrogen-bond acceptors (Lipinski definition) is 2. The van der Waals surface area contributed by atoms with Gasteiger partial charge in [0.05, 0.1) is 12.2 Å². The van der Waals surface area contributed by atoms with Gasteiger partial charge in [0, 0.05) is 6.54 Å². The summed E-state index contributed by atoms with van der Waals surface area (Å²) in [5.41, 5.74) is 0.413. The fourth-order valence-corrected chi connectivity index (χ4v) is 3.51. The molecule has 2 aliphatic rings. The molecule has 0 bridgehead atoms. The van der Waals surface area contributed by atoms with E-state index in [1.54, 1.807) is 0 Å². The summed E-state index contributed by atoms with van der Waals surface area (Å²) in [5, 5.41) is 3.59. The lowest BCUT2D eigenvalue weighted by atomic mass is 9.91. The van der Waals surface area contributed by atoms with Crippen LogP contribution in [0.25, 0.3) is 0 Å².